The van der Waals surface area contributed by atoms with Crippen molar-refractivity contribution in [2.45, 2.75) is 18.6 Å². The van der Waals surface area contributed by atoms with Crippen LogP contribution in [0.25, 0.3) is 16.8 Å². The summed E-state index contributed by atoms with van der Waals surface area (Å²) in [5.74, 6) is -0.928. The Bertz CT molecular complexity index is 1050. The van der Waals surface area contributed by atoms with E-state index in [0.29, 0.717) is 16.8 Å². The van der Waals surface area contributed by atoms with Crippen LogP contribution >= 0.6 is 0 Å². The Labute approximate surface area is 159 Å². The molecule has 0 fully saturated rings. The molecule has 1 aromatic heterocycles. The van der Waals surface area contributed by atoms with Gasteiger partial charge in [0, 0.05) is 17.3 Å². The van der Waals surface area contributed by atoms with E-state index in [9.17, 15) is 13.2 Å². The van der Waals surface area contributed by atoms with Crippen LogP contribution in [0, 0.1) is 11.6 Å². The van der Waals surface area contributed by atoms with E-state index in [2.05, 4.69) is 10.1 Å². The van der Waals surface area contributed by atoms with Crippen LogP contribution in [-0.4, -0.2) is 28.6 Å². The Morgan fingerprint density at radius 2 is 1.89 bits per heavy atom. The molecule has 144 valence electrons. The van der Waals surface area contributed by atoms with Crippen molar-refractivity contribution in [1.29, 1.82) is 0 Å². The topological polar surface area (TPSA) is 65.4 Å². The van der Waals surface area contributed by atoms with E-state index >= 15 is 0 Å². The van der Waals surface area contributed by atoms with Gasteiger partial charge in [-0.15, -0.1) is 0 Å². The number of aromatic nitrogens is 2. The van der Waals surface area contributed by atoms with E-state index in [1.807, 2.05) is 0 Å². The zero-order valence-corrected chi connectivity index (χ0v) is 14.9. The molecule has 8 heteroatoms. The summed E-state index contributed by atoms with van der Waals surface area (Å²) in [4.78, 5) is 4.02. The van der Waals surface area contributed by atoms with Gasteiger partial charge in [-0.05, 0) is 48.9 Å². The van der Waals surface area contributed by atoms with Gasteiger partial charge in [0.1, 0.15) is 23.8 Å². The summed E-state index contributed by atoms with van der Waals surface area (Å²) >= 11 is 0. The van der Waals surface area contributed by atoms with Crippen LogP contribution in [0.2, 0.25) is 0 Å². The second-order valence-corrected chi connectivity index (χ2v) is 6.72. The minimum Gasteiger partial charge on any atom is -0.462 e. The van der Waals surface area contributed by atoms with Crippen molar-refractivity contribution < 1.29 is 17.9 Å². The van der Waals surface area contributed by atoms with E-state index in [0.717, 1.165) is 0 Å². The fraction of sp³-hybridized carbons (Fsp3) is 0.200. The fourth-order valence-corrected chi connectivity index (χ4v) is 3.18. The summed E-state index contributed by atoms with van der Waals surface area (Å²) in [6, 6.07) is 10.1. The van der Waals surface area contributed by atoms with Gasteiger partial charge in [-0.1, -0.05) is 6.07 Å². The van der Waals surface area contributed by atoms with Crippen molar-refractivity contribution in [2.75, 3.05) is 6.61 Å². The van der Waals surface area contributed by atoms with Crippen LogP contribution in [0.5, 0.6) is 0 Å². The highest BCUT2D eigenvalue weighted by Crippen LogP contribution is 2.37. The molecule has 2 unspecified atom stereocenters. The molecule has 0 saturated heterocycles. The number of ether oxygens (including phenoxy) is 1. The smallest absolute Gasteiger partial charge is 0.283 e. The number of aliphatic imine (C=N–C) groups is 1. The highest BCUT2D eigenvalue weighted by Gasteiger charge is 2.42. The van der Waals surface area contributed by atoms with Crippen LogP contribution in [0.15, 0.2) is 59.9 Å². The minimum atomic E-state index is -1.55. The summed E-state index contributed by atoms with van der Waals surface area (Å²) in [6.45, 7) is 1.19. The maximum Gasteiger partial charge on any atom is 0.283 e. The standard InChI is InChI=1S/C20H17F3N4O/c1-20(18(23)11-28-19(24)26-20)16-8-12(2-7-17(16)22)13-9-25-27(10-13)15-5-3-14(21)4-6-15/h2-10,18H,11H2,1H3,(H2,24,26). The molecule has 2 atom stereocenters. The number of rotatable bonds is 3. The van der Waals surface area contributed by atoms with Crippen molar-refractivity contribution in [3.05, 3.63) is 72.1 Å². The molecule has 0 aliphatic carbocycles. The highest BCUT2D eigenvalue weighted by molar-refractivity contribution is 5.73. The van der Waals surface area contributed by atoms with Crippen LogP contribution in [0.3, 0.4) is 0 Å². The first-order valence-corrected chi connectivity index (χ1v) is 8.60. The Hall–Kier alpha value is -3.29. The molecule has 0 saturated carbocycles. The average molecular weight is 386 g/mol. The van der Waals surface area contributed by atoms with Crippen molar-refractivity contribution >= 4 is 6.02 Å². The first-order chi connectivity index (χ1) is 13.4. The van der Waals surface area contributed by atoms with E-state index < -0.39 is 17.5 Å². The normalized spacial score (nSPS) is 21.9. The number of hydrogen-bond donors (Lipinski definition) is 1. The van der Waals surface area contributed by atoms with Crippen LogP contribution in [-0.2, 0) is 10.3 Å². The minimum absolute atomic E-state index is 0.0817. The van der Waals surface area contributed by atoms with Crippen molar-refractivity contribution in [3.8, 4) is 16.8 Å². The third kappa shape index (κ3) is 3.11. The van der Waals surface area contributed by atoms with E-state index in [1.165, 1.54) is 31.2 Å². The maximum absolute atomic E-state index is 14.6. The number of nitrogens with two attached hydrogens (primary N) is 1. The molecule has 5 nitrogen and oxygen atoms in total. The lowest BCUT2D eigenvalue weighted by Gasteiger charge is -2.33. The predicted molar refractivity (Wildman–Crippen MR) is 98.7 cm³/mol. The molecular formula is C20H17F3N4O. The lowest BCUT2D eigenvalue weighted by molar-refractivity contribution is 0.0923. The Kier molecular flexibility index (Phi) is 4.33. The lowest BCUT2D eigenvalue weighted by atomic mass is 9.85. The zero-order chi connectivity index (χ0) is 19.9. The second kappa shape index (κ2) is 6.70. The number of halogens is 3. The molecule has 2 aromatic carbocycles. The van der Waals surface area contributed by atoms with Gasteiger partial charge >= 0.3 is 0 Å². The molecule has 2 N–H and O–H groups in total. The quantitative estimate of drug-likeness (QED) is 0.746. The monoisotopic (exact) mass is 386 g/mol. The number of nitrogens with zero attached hydrogens (tertiary/aromatic N) is 3. The zero-order valence-electron chi connectivity index (χ0n) is 14.9. The van der Waals surface area contributed by atoms with Crippen molar-refractivity contribution in [2.24, 2.45) is 10.7 Å². The van der Waals surface area contributed by atoms with E-state index in [1.54, 1.807) is 35.3 Å². The summed E-state index contributed by atoms with van der Waals surface area (Å²) in [7, 11) is 0. The summed E-state index contributed by atoms with van der Waals surface area (Å²) < 4.78 is 48.7. The molecule has 0 radical (unpaired) electrons. The Morgan fingerprint density at radius 1 is 1.14 bits per heavy atom. The van der Waals surface area contributed by atoms with Gasteiger partial charge < -0.3 is 10.5 Å². The van der Waals surface area contributed by atoms with Crippen molar-refractivity contribution in [1.82, 2.24) is 9.78 Å². The fourth-order valence-electron chi connectivity index (χ4n) is 3.18. The second-order valence-electron chi connectivity index (χ2n) is 6.72. The van der Waals surface area contributed by atoms with Crippen LogP contribution in [0.4, 0.5) is 13.2 Å². The van der Waals surface area contributed by atoms with Gasteiger partial charge in [0.25, 0.3) is 6.02 Å². The maximum atomic E-state index is 14.6. The van der Waals surface area contributed by atoms with Crippen LogP contribution < -0.4 is 5.73 Å². The molecule has 1 aliphatic rings. The molecule has 28 heavy (non-hydrogen) atoms. The number of hydrogen-bond acceptors (Lipinski definition) is 4. The van der Waals surface area contributed by atoms with Gasteiger partial charge in [0.05, 0.1) is 11.9 Å². The van der Waals surface area contributed by atoms with Gasteiger partial charge in [-0.3, -0.25) is 0 Å². The molecule has 0 bridgehead atoms. The molecular weight excluding hydrogens is 369 g/mol. The number of benzene rings is 2. The van der Waals surface area contributed by atoms with Gasteiger partial charge in [-0.2, -0.15) is 5.10 Å². The average Bonchev–Trinajstić information content (AvgIpc) is 3.16. The van der Waals surface area contributed by atoms with Gasteiger partial charge in [0.15, 0.2) is 6.17 Å². The number of alkyl halides is 1. The van der Waals surface area contributed by atoms with E-state index in [-0.39, 0.29) is 24.0 Å². The first-order valence-electron chi connectivity index (χ1n) is 8.60. The number of amidine groups is 1. The predicted octanol–water partition coefficient (Wildman–Crippen LogP) is 3.72. The molecule has 2 heterocycles. The Balaban J connectivity index is 1.74. The molecule has 1 aliphatic heterocycles. The van der Waals surface area contributed by atoms with Gasteiger partial charge in [-0.25, -0.2) is 22.8 Å². The highest BCUT2D eigenvalue weighted by atomic mass is 19.1. The van der Waals surface area contributed by atoms with Crippen molar-refractivity contribution in [3.63, 3.8) is 0 Å². The third-order valence-corrected chi connectivity index (χ3v) is 4.85. The summed E-state index contributed by atoms with van der Waals surface area (Å²) in [5, 5.41) is 4.26. The van der Waals surface area contributed by atoms with Crippen LogP contribution in [0.1, 0.15) is 12.5 Å². The third-order valence-electron chi connectivity index (χ3n) is 4.85. The molecule has 3 aromatic rings. The first kappa shape index (κ1) is 18.1. The van der Waals surface area contributed by atoms with Gasteiger partial charge in [0.2, 0.25) is 0 Å². The summed E-state index contributed by atoms with van der Waals surface area (Å²) in [6.07, 6.45) is 1.77. The lowest BCUT2D eigenvalue weighted by Crippen LogP contribution is -2.43. The SMILES string of the molecule is CC1(c2cc(-c3cnn(-c4ccc(F)cc4)c3)ccc2F)N=C(N)OCC1F. The molecule has 4 rings (SSSR count). The Morgan fingerprint density at radius 3 is 2.64 bits per heavy atom. The van der Waals surface area contributed by atoms with E-state index in [4.69, 9.17) is 10.5 Å². The molecule has 0 amide bonds. The molecule has 0 spiro atoms. The summed E-state index contributed by atoms with van der Waals surface area (Å²) in [5.41, 5.74) is 6.18. The largest absolute Gasteiger partial charge is 0.462 e.